The fourth-order valence-electron chi connectivity index (χ4n) is 4.05. The Kier molecular flexibility index (Phi) is 12.1. The van der Waals surface area contributed by atoms with Gasteiger partial charge < -0.3 is 19.7 Å². The molecule has 7 nitrogen and oxygen atoms in total. The van der Waals surface area contributed by atoms with Gasteiger partial charge in [0.15, 0.2) is 0 Å². The first-order valence-electron chi connectivity index (χ1n) is 12.2. The van der Waals surface area contributed by atoms with Crippen molar-refractivity contribution in [2.45, 2.75) is 84.0 Å². The van der Waals surface area contributed by atoms with Crippen molar-refractivity contribution in [2.75, 3.05) is 38.8 Å². The molecule has 0 aliphatic carbocycles. The van der Waals surface area contributed by atoms with Gasteiger partial charge in [0.25, 0.3) is 0 Å². The van der Waals surface area contributed by atoms with Crippen LogP contribution >= 0.6 is 0 Å². The van der Waals surface area contributed by atoms with Gasteiger partial charge in [-0.15, -0.1) is 0 Å². The highest BCUT2D eigenvalue weighted by Crippen LogP contribution is 2.25. The van der Waals surface area contributed by atoms with Crippen LogP contribution in [-0.4, -0.2) is 49.7 Å². The Morgan fingerprint density at radius 1 is 0.935 bits per heavy atom. The monoisotopic (exact) mass is 434 g/mol. The predicted octanol–water partition coefficient (Wildman–Crippen LogP) is 4.75. The van der Waals surface area contributed by atoms with E-state index in [9.17, 15) is 4.79 Å². The topological polar surface area (TPSA) is 76.6 Å². The molecule has 7 heteroatoms. The average Bonchev–Trinajstić information content (AvgIpc) is 2.82. The van der Waals surface area contributed by atoms with Crippen LogP contribution in [-0.2, 0) is 4.79 Å². The number of anilines is 1. The van der Waals surface area contributed by atoms with Crippen molar-refractivity contribution in [1.29, 1.82) is 0 Å². The third-order valence-electron chi connectivity index (χ3n) is 6.06. The van der Waals surface area contributed by atoms with E-state index in [-0.39, 0.29) is 11.8 Å². The molecular weight excluding hydrogens is 392 g/mol. The molecule has 2 rings (SSSR count). The maximum atomic E-state index is 12.5. The van der Waals surface area contributed by atoms with Gasteiger partial charge in [-0.1, -0.05) is 64.7 Å². The number of hydrogen-bond acceptors (Lipinski definition) is 6. The van der Waals surface area contributed by atoms with Gasteiger partial charge in [-0.05, 0) is 19.3 Å². The third-order valence-corrected chi connectivity index (χ3v) is 6.06. The lowest BCUT2D eigenvalue weighted by Gasteiger charge is -2.31. The Morgan fingerprint density at radius 2 is 1.45 bits per heavy atom. The van der Waals surface area contributed by atoms with Gasteiger partial charge in [-0.25, -0.2) is 0 Å². The number of nitrogens with one attached hydrogen (secondary N) is 1. The Balaban J connectivity index is 1.57. The molecule has 31 heavy (non-hydrogen) atoms. The molecule has 1 aliphatic heterocycles. The van der Waals surface area contributed by atoms with Gasteiger partial charge in [0, 0.05) is 25.6 Å². The van der Waals surface area contributed by atoms with Crippen LogP contribution in [0.25, 0.3) is 0 Å². The summed E-state index contributed by atoms with van der Waals surface area (Å²) in [6.45, 7) is 4.57. The smallest absolute Gasteiger partial charge is 0.231 e. The van der Waals surface area contributed by atoms with Crippen molar-refractivity contribution in [3.63, 3.8) is 0 Å². The lowest BCUT2D eigenvalue weighted by Crippen LogP contribution is -2.41. The van der Waals surface area contributed by atoms with Crippen LogP contribution in [0.5, 0.6) is 11.8 Å². The summed E-state index contributed by atoms with van der Waals surface area (Å²) in [6, 6.07) is 1.66. The van der Waals surface area contributed by atoms with E-state index in [0.29, 0.717) is 17.7 Å². The SMILES string of the molecule is CCCCCCCCCCCCNC(=O)C1CCN(c2nc(OC)cc(OC)n2)CC1. The Morgan fingerprint density at radius 3 is 1.97 bits per heavy atom. The number of aromatic nitrogens is 2. The lowest BCUT2D eigenvalue weighted by atomic mass is 9.96. The zero-order valence-electron chi connectivity index (χ0n) is 19.8. The van der Waals surface area contributed by atoms with Gasteiger partial charge in [-0.3, -0.25) is 4.79 Å². The zero-order valence-corrected chi connectivity index (χ0v) is 19.8. The molecular formula is C24H42N4O3. The number of methoxy groups -OCH3 is 2. The van der Waals surface area contributed by atoms with Gasteiger partial charge in [0.2, 0.25) is 23.6 Å². The number of nitrogens with zero attached hydrogens (tertiary/aromatic N) is 3. The first-order valence-corrected chi connectivity index (χ1v) is 12.2. The zero-order chi connectivity index (χ0) is 22.3. The van der Waals surface area contributed by atoms with E-state index in [1.54, 1.807) is 20.3 Å². The Labute approximate surface area is 188 Å². The maximum Gasteiger partial charge on any atom is 0.231 e. The second kappa shape index (κ2) is 14.9. The van der Waals surface area contributed by atoms with Gasteiger partial charge in [-0.2, -0.15) is 9.97 Å². The van der Waals surface area contributed by atoms with Crippen LogP contribution < -0.4 is 19.7 Å². The molecule has 1 aliphatic rings. The van der Waals surface area contributed by atoms with Gasteiger partial charge in [0.05, 0.1) is 20.3 Å². The molecule has 1 aromatic rings. The minimum absolute atomic E-state index is 0.0758. The van der Waals surface area contributed by atoms with Crippen molar-refractivity contribution in [3.8, 4) is 11.8 Å². The molecule has 176 valence electrons. The number of rotatable bonds is 15. The molecule has 0 radical (unpaired) electrons. The van der Waals surface area contributed by atoms with Crippen LogP contribution in [0.3, 0.4) is 0 Å². The normalized spacial score (nSPS) is 14.5. The molecule has 0 spiro atoms. The van der Waals surface area contributed by atoms with E-state index in [4.69, 9.17) is 9.47 Å². The minimum Gasteiger partial charge on any atom is -0.481 e. The first kappa shape index (κ1) is 25.2. The van der Waals surface area contributed by atoms with Crippen LogP contribution in [0.4, 0.5) is 5.95 Å². The molecule has 2 heterocycles. The van der Waals surface area contributed by atoms with Crippen LogP contribution in [0.1, 0.15) is 84.0 Å². The fraction of sp³-hybridized carbons (Fsp3) is 0.792. The summed E-state index contributed by atoms with van der Waals surface area (Å²) < 4.78 is 10.5. The molecule has 1 aromatic heterocycles. The van der Waals surface area contributed by atoms with Gasteiger partial charge >= 0.3 is 0 Å². The number of carbonyl (C=O) groups is 1. The number of hydrogen-bond donors (Lipinski definition) is 1. The molecule has 1 fully saturated rings. The highest BCUT2D eigenvalue weighted by atomic mass is 16.5. The lowest BCUT2D eigenvalue weighted by molar-refractivity contribution is -0.125. The predicted molar refractivity (Wildman–Crippen MR) is 125 cm³/mol. The Hall–Kier alpha value is -2.05. The molecule has 1 N–H and O–H groups in total. The summed E-state index contributed by atoms with van der Waals surface area (Å²) in [7, 11) is 3.16. The van der Waals surface area contributed by atoms with E-state index in [1.165, 1.54) is 57.8 Å². The Bertz CT molecular complexity index is 611. The molecule has 0 unspecified atom stereocenters. The molecule has 1 amide bonds. The fourth-order valence-corrected chi connectivity index (χ4v) is 4.05. The van der Waals surface area contributed by atoms with E-state index in [0.717, 1.165) is 38.9 Å². The van der Waals surface area contributed by atoms with E-state index in [2.05, 4.69) is 27.1 Å². The second-order valence-corrected chi connectivity index (χ2v) is 8.49. The second-order valence-electron chi connectivity index (χ2n) is 8.49. The van der Waals surface area contributed by atoms with Crippen LogP contribution in [0.15, 0.2) is 6.07 Å². The third kappa shape index (κ3) is 9.32. The number of amides is 1. The van der Waals surface area contributed by atoms with Crippen molar-refractivity contribution >= 4 is 11.9 Å². The first-order chi connectivity index (χ1) is 15.2. The largest absolute Gasteiger partial charge is 0.481 e. The summed E-state index contributed by atoms with van der Waals surface area (Å²) in [5, 5.41) is 3.14. The number of ether oxygens (including phenoxy) is 2. The molecule has 0 bridgehead atoms. The van der Waals surface area contributed by atoms with Crippen molar-refractivity contribution in [1.82, 2.24) is 15.3 Å². The van der Waals surface area contributed by atoms with E-state index >= 15 is 0 Å². The van der Waals surface area contributed by atoms with E-state index < -0.39 is 0 Å². The van der Waals surface area contributed by atoms with Crippen molar-refractivity contribution < 1.29 is 14.3 Å². The minimum atomic E-state index is 0.0758. The van der Waals surface area contributed by atoms with Crippen molar-refractivity contribution in [3.05, 3.63) is 6.07 Å². The standard InChI is InChI=1S/C24H42N4O3/c1-4-5-6-7-8-9-10-11-12-13-16-25-23(29)20-14-17-28(18-15-20)24-26-21(30-2)19-22(27-24)31-3/h19-20H,4-18H2,1-3H3,(H,25,29). The highest BCUT2D eigenvalue weighted by Gasteiger charge is 2.26. The summed E-state index contributed by atoms with van der Waals surface area (Å²) in [5.41, 5.74) is 0. The number of carbonyl (C=O) groups excluding carboxylic acids is 1. The molecule has 0 atom stereocenters. The molecule has 1 saturated heterocycles. The van der Waals surface area contributed by atoms with Crippen LogP contribution in [0, 0.1) is 5.92 Å². The number of unbranched alkanes of at least 4 members (excludes halogenated alkanes) is 9. The quantitative estimate of drug-likeness (QED) is 0.402. The summed E-state index contributed by atoms with van der Waals surface area (Å²) in [4.78, 5) is 23.4. The van der Waals surface area contributed by atoms with Crippen LogP contribution in [0.2, 0.25) is 0 Å². The summed E-state index contributed by atoms with van der Waals surface area (Å²) >= 11 is 0. The molecule has 0 saturated carbocycles. The van der Waals surface area contributed by atoms with Crippen molar-refractivity contribution in [2.24, 2.45) is 5.92 Å². The average molecular weight is 435 g/mol. The summed E-state index contributed by atoms with van der Waals surface area (Å²) in [6.07, 6.45) is 14.7. The number of piperidine rings is 1. The maximum absolute atomic E-state index is 12.5. The van der Waals surface area contributed by atoms with E-state index in [1.807, 2.05) is 0 Å². The summed E-state index contributed by atoms with van der Waals surface area (Å²) in [5.74, 6) is 1.84. The molecule has 0 aromatic carbocycles. The highest BCUT2D eigenvalue weighted by molar-refractivity contribution is 5.78. The van der Waals surface area contributed by atoms with Gasteiger partial charge in [0.1, 0.15) is 0 Å².